The van der Waals surface area contributed by atoms with Gasteiger partial charge in [0.1, 0.15) is 10.6 Å². The normalized spacial score (nSPS) is 15.1. The number of aryl methyl sites for hydroxylation is 2. The Morgan fingerprint density at radius 2 is 1.85 bits per heavy atom. The quantitative estimate of drug-likeness (QED) is 0.592. The lowest BCUT2D eigenvalue weighted by atomic mass is 9.95. The molecule has 1 fully saturated rings. The summed E-state index contributed by atoms with van der Waals surface area (Å²) in [7, 11) is -3.84. The van der Waals surface area contributed by atoms with Gasteiger partial charge in [-0.25, -0.2) is 8.42 Å². The number of piperidine rings is 1. The average molecular weight is 468 g/mol. The molecule has 33 heavy (non-hydrogen) atoms. The van der Waals surface area contributed by atoms with Crippen molar-refractivity contribution in [1.82, 2.24) is 4.98 Å². The molecule has 4 rings (SSSR count). The number of amides is 1. The van der Waals surface area contributed by atoms with Crippen LogP contribution in [0.2, 0.25) is 0 Å². The van der Waals surface area contributed by atoms with Crippen molar-refractivity contribution in [2.24, 2.45) is 11.7 Å². The highest BCUT2D eigenvalue weighted by Crippen LogP contribution is 2.39. The molecule has 1 saturated heterocycles. The first-order valence-electron chi connectivity index (χ1n) is 11.1. The highest BCUT2D eigenvalue weighted by atomic mass is 32.2. The molecule has 0 unspecified atom stereocenters. The van der Waals surface area contributed by atoms with Gasteiger partial charge in [-0.1, -0.05) is 6.07 Å². The van der Waals surface area contributed by atoms with E-state index in [1.807, 2.05) is 49.9 Å². The third-order valence-electron chi connectivity index (χ3n) is 6.38. The largest absolute Gasteiger partial charge is 0.494 e. The minimum atomic E-state index is -3.84. The van der Waals surface area contributed by atoms with Crippen LogP contribution < -0.4 is 15.4 Å². The van der Waals surface area contributed by atoms with Crippen LogP contribution >= 0.6 is 0 Å². The number of aromatic nitrogens is 1. The number of nitrogens with two attached hydrogens (primary N) is 1. The Balaban J connectivity index is 1.91. The molecular weight excluding hydrogens is 438 g/mol. The van der Waals surface area contributed by atoms with Crippen LogP contribution in [-0.4, -0.2) is 39.0 Å². The Labute approximate surface area is 194 Å². The van der Waals surface area contributed by atoms with Gasteiger partial charge < -0.3 is 15.4 Å². The second-order valence-corrected chi connectivity index (χ2v) is 10.4. The summed E-state index contributed by atoms with van der Waals surface area (Å²) in [6, 6.07) is 10.7. The first kappa shape index (κ1) is 23.0. The molecule has 2 heterocycles. The third kappa shape index (κ3) is 4.39. The maximum Gasteiger partial charge on any atom is 0.220 e. The van der Waals surface area contributed by atoms with E-state index in [1.54, 1.807) is 12.1 Å². The van der Waals surface area contributed by atoms with Crippen molar-refractivity contribution in [3.63, 3.8) is 0 Å². The van der Waals surface area contributed by atoms with Crippen LogP contribution in [0.5, 0.6) is 5.75 Å². The molecule has 1 aromatic heterocycles. The molecule has 7 nitrogen and oxygen atoms in total. The second-order valence-electron chi connectivity index (χ2n) is 8.50. The Morgan fingerprint density at radius 3 is 2.48 bits per heavy atom. The molecule has 0 aliphatic carbocycles. The summed E-state index contributed by atoms with van der Waals surface area (Å²) in [6.07, 6.45) is 2.60. The van der Waals surface area contributed by atoms with Gasteiger partial charge in [0, 0.05) is 30.6 Å². The zero-order valence-corrected chi connectivity index (χ0v) is 20.0. The minimum Gasteiger partial charge on any atom is -0.494 e. The summed E-state index contributed by atoms with van der Waals surface area (Å²) in [6.45, 7) is 7.31. The number of carbonyl (C=O) groups is 1. The topological polar surface area (TPSA) is 103 Å². The second kappa shape index (κ2) is 9.02. The fourth-order valence-corrected chi connectivity index (χ4v) is 5.83. The standard InChI is InChI=1S/C25H29N3O4S/c1-4-32-19-6-8-22-21(14-19)24(28-11-9-18(10-12-28)25(26)29)23(15-27-22)33(30,31)20-7-5-16(2)17(3)13-20/h5-8,13-15,18H,4,9-12H2,1-3H3,(H2,26,29). The SMILES string of the molecule is CCOc1ccc2ncc(S(=O)(=O)c3ccc(C)c(C)c3)c(N3CCC(C(N)=O)CC3)c2c1. The lowest BCUT2D eigenvalue weighted by Crippen LogP contribution is -2.39. The number of nitrogens with zero attached hydrogens (tertiary/aromatic N) is 2. The van der Waals surface area contributed by atoms with Crippen molar-refractivity contribution in [1.29, 1.82) is 0 Å². The molecule has 1 amide bonds. The molecule has 0 saturated carbocycles. The first-order valence-corrected chi connectivity index (χ1v) is 12.6. The van der Waals surface area contributed by atoms with Crippen molar-refractivity contribution in [3.8, 4) is 5.75 Å². The average Bonchev–Trinajstić information content (AvgIpc) is 2.80. The van der Waals surface area contributed by atoms with Crippen LogP contribution in [0, 0.1) is 19.8 Å². The number of carbonyl (C=O) groups excluding carboxylic acids is 1. The fourth-order valence-electron chi connectivity index (χ4n) is 4.31. The van der Waals surface area contributed by atoms with Crippen LogP contribution in [0.4, 0.5) is 5.69 Å². The lowest BCUT2D eigenvalue weighted by molar-refractivity contribution is -0.122. The molecular formula is C25H29N3O4S. The van der Waals surface area contributed by atoms with Crippen molar-refractivity contribution < 1.29 is 17.9 Å². The zero-order valence-electron chi connectivity index (χ0n) is 19.2. The van der Waals surface area contributed by atoms with Gasteiger partial charge in [-0.15, -0.1) is 0 Å². The molecule has 174 valence electrons. The van der Waals surface area contributed by atoms with Gasteiger partial charge >= 0.3 is 0 Å². The van der Waals surface area contributed by atoms with Gasteiger partial charge in [-0.05, 0) is 75.1 Å². The lowest BCUT2D eigenvalue weighted by Gasteiger charge is -2.34. The Kier molecular flexibility index (Phi) is 6.30. The zero-order chi connectivity index (χ0) is 23.8. The number of fused-ring (bicyclic) bond motifs is 1. The van der Waals surface area contributed by atoms with E-state index in [0.29, 0.717) is 54.9 Å². The number of benzene rings is 2. The third-order valence-corrected chi connectivity index (χ3v) is 8.13. The van der Waals surface area contributed by atoms with Gasteiger partial charge in [0.05, 0.1) is 22.7 Å². The van der Waals surface area contributed by atoms with E-state index in [4.69, 9.17) is 10.5 Å². The van der Waals surface area contributed by atoms with Crippen LogP contribution in [-0.2, 0) is 14.6 Å². The maximum absolute atomic E-state index is 13.8. The number of ether oxygens (including phenoxy) is 1. The predicted octanol–water partition coefficient (Wildman–Crippen LogP) is 3.78. The number of sulfone groups is 1. The number of primary amides is 1. The molecule has 0 atom stereocenters. The first-order chi connectivity index (χ1) is 15.7. The van der Waals surface area contributed by atoms with E-state index < -0.39 is 9.84 Å². The Bertz CT molecular complexity index is 1310. The summed E-state index contributed by atoms with van der Waals surface area (Å²) in [4.78, 5) is 18.6. The summed E-state index contributed by atoms with van der Waals surface area (Å²) in [5.74, 6) is 0.143. The number of pyridine rings is 1. The minimum absolute atomic E-state index is 0.157. The van der Waals surface area contributed by atoms with E-state index in [2.05, 4.69) is 4.98 Å². The van der Waals surface area contributed by atoms with Gasteiger partial charge in [0.2, 0.25) is 15.7 Å². The van der Waals surface area contributed by atoms with Gasteiger partial charge in [-0.3, -0.25) is 9.78 Å². The summed E-state index contributed by atoms with van der Waals surface area (Å²) < 4.78 is 33.3. The van der Waals surface area contributed by atoms with Gasteiger partial charge in [0.15, 0.2) is 0 Å². The van der Waals surface area contributed by atoms with Crippen LogP contribution in [0.1, 0.15) is 30.9 Å². The van der Waals surface area contributed by atoms with Gasteiger partial charge in [0.25, 0.3) is 0 Å². The number of anilines is 1. The monoisotopic (exact) mass is 467 g/mol. The molecule has 2 aromatic carbocycles. The molecule has 0 spiro atoms. The Morgan fingerprint density at radius 1 is 1.12 bits per heavy atom. The smallest absolute Gasteiger partial charge is 0.220 e. The summed E-state index contributed by atoms with van der Waals surface area (Å²) >= 11 is 0. The maximum atomic E-state index is 13.8. The van der Waals surface area contributed by atoms with E-state index in [0.717, 1.165) is 11.1 Å². The van der Waals surface area contributed by atoms with Crippen molar-refractivity contribution >= 4 is 32.3 Å². The molecule has 0 radical (unpaired) electrons. The van der Waals surface area contributed by atoms with Crippen molar-refractivity contribution in [2.75, 3.05) is 24.6 Å². The van der Waals surface area contributed by atoms with Crippen LogP contribution in [0.25, 0.3) is 10.9 Å². The van der Waals surface area contributed by atoms with Crippen LogP contribution in [0.15, 0.2) is 52.4 Å². The molecule has 3 aromatic rings. The fraction of sp³-hybridized carbons (Fsp3) is 0.360. The van der Waals surface area contributed by atoms with Crippen molar-refractivity contribution in [3.05, 3.63) is 53.7 Å². The number of rotatable bonds is 6. The molecule has 1 aliphatic heterocycles. The van der Waals surface area contributed by atoms with E-state index in [9.17, 15) is 13.2 Å². The molecule has 1 aliphatic rings. The molecule has 8 heteroatoms. The predicted molar refractivity (Wildman–Crippen MR) is 128 cm³/mol. The van der Waals surface area contributed by atoms with E-state index in [1.165, 1.54) is 6.20 Å². The molecule has 0 bridgehead atoms. The summed E-state index contributed by atoms with van der Waals surface area (Å²) in [5.41, 5.74) is 8.74. The number of hydrogen-bond acceptors (Lipinski definition) is 6. The highest BCUT2D eigenvalue weighted by molar-refractivity contribution is 7.91. The highest BCUT2D eigenvalue weighted by Gasteiger charge is 2.30. The van der Waals surface area contributed by atoms with Gasteiger partial charge in [-0.2, -0.15) is 0 Å². The van der Waals surface area contributed by atoms with Crippen LogP contribution in [0.3, 0.4) is 0 Å². The Hall–Kier alpha value is -3.13. The number of hydrogen-bond donors (Lipinski definition) is 1. The van der Waals surface area contributed by atoms with E-state index >= 15 is 0 Å². The van der Waals surface area contributed by atoms with E-state index in [-0.39, 0.29) is 21.6 Å². The molecule has 2 N–H and O–H groups in total. The van der Waals surface area contributed by atoms with Crippen molar-refractivity contribution in [2.45, 2.75) is 43.4 Å². The summed E-state index contributed by atoms with van der Waals surface area (Å²) in [5, 5.41) is 0.711.